The Hall–Kier alpha value is -5.08. The normalized spacial score (nSPS) is 12.7. The van der Waals surface area contributed by atoms with Gasteiger partial charge in [0.15, 0.2) is 0 Å². The maximum Gasteiger partial charge on any atom is 0.137 e. The van der Waals surface area contributed by atoms with E-state index in [4.69, 9.17) is 4.42 Å². The number of fused-ring (bicyclic) bond motifs is 6. The fourth-order valence-electron chi connectivity index (χ4n) is 5.86. The van der Waals surface area contributed by atoms with Gasteiger partial charge >= 0.3 is 0 Å². The Morgan fingerprint density at radius 3 is 2.25 bits per heavy atom. The topological polar surface area (TPSA) is 18.1 Å². The van der Waals surface area contributed by atoms with Crippen LogP contribution in [0.1, 0.15) is 19.4 Å². The fraction of sp³-hybridized carbons (Fsp3) is 0.0526. The van der Waals surface area contributed by atoms with E-state index in [9.17, 15) is 0 Å². The van der Waals surface area contributed by atoms with E-state index < -0.39 is 0 Å². The number of rotatable bonds is 5. The first-order valence-corrected chi connectivity index (χ1v) is 13.8. The molecule has 7 rings (SSSR count). The molecule has 0 saturated heterocycles. The van der Waals surface area contributed by atoms with E-state index in [0.717, 1.165) is 27.6 Å². The molecule has 0 aliphatic carbocycles. The minimum absolute atomic E-state index is 0.904. The van der Waals surface area contributed by atoms with E-state index in [0.29, 0.717) is 0 Å². The lowest BCUT2D eigenvalue weighted by Crippen LogP contribution is -1.94. The van der Waals surface area contributed by atoms with Crippen LogP contribution >= 0.6 is 0 Å². The van der Waals surface area contributed by atoms with Crippen LogP contribution in [0.4, 0.5) is 0 Å². The van der Waals surface area contributed by atoms with Crippen LogP contribution < -0.4 is 0 Å². The van der Waals surface area contributed by atoms with Crippen LogP contribution in [0.2, 0.25) is 0 Å². The molecule has 0 fully saturated rings. The van der Waals surface area contributed by atoms with Gasteiger partial charge in [-0.2, -0.15) is 0 Å². The van der Waals surface area contributed by atoms with E-state index in [1.807, 2.05) is 25.1 Å². The third kappa shape index (κ3) is 3.88. The van der Waals surface area contributed by atoms with Crippen LogP contribution in [0.3, 0.4) is 0 Å². The first kappa shape index (κ1) is 24.0. The number of benzene rings is 5. The number of nitrogens with zero attached hydrogens (tertiary/aromatic N) is 1. The smallest absolute Gasteiger partial charge is 0.137 e. The zero-order valence-corrected chi connectivity index (χ0v) is 22.6. The van der Waals surface area contributed by atoms with Crippen LogP contribution in [0.15, 0.2) is 144 Å². The molecule has 0 bridgehead atoms. The lowest BCUT2D eigenvalue weighted by atomic mass is 9.97. The van der Waals surface area contributed by atoms with Crippen molar-refractivity contribution in [1.29, 1.82) is 0 Å². The molecule has 0 radical (unpaired) electrons. The number of hydrogen-bond acceptors (Lipinski definition) is 1. The maximum absolute atomic E-state index is 6.24. The monoisotopic (exact) mass is 515 g/mol. The van der Waals surface area contributed by atoms with Crippen LogP contribution in [0.25, 0.3) is 66.1 Å². The third-order valence-corrected chi connectivity index (χ3v) is 7.71. The van der Waals surface area contributed by atoms with Gasteiger partial charge < -0.3 is 8.98 Å². The molecule has 0 unspecified atom stereocenters. The summed E-state index contributed by atoms with van der Waals surface area (Å²) >= 11 is 0. The summed E-state index contributed by atoms with van der Waals surface area (Å²) in [5, 5.41) is 4.75. The molecule has 2 aromatic heterocycles. The van der Waals surface area contributed by atoms with Gasteiger partial charge in [-0.1, -0.05) is 97.1 Å². The van der Waals surface area contributed by atoms with Crippen LogP contribution in [0.5, 0.6) is 0 Å². The molecular weight excluding hydrogens is 486 g/mol. The van der Waals surface area contributed by atoms with E-state index in [-0.39, 0.29) is 0 Å². The zero-order chi connectivity index (χ0) is 27.1. The SMILES string of the molecule is C\C=C/C=C\C(=C\C)c1cccc(-c2ccc3c(c2)c2ccccc2n3-c2cccc3oc4ccccc4c23)c1. The molecular formula is C38H29NO. The van der Waals surface area contributed by atoms with Gasteiger partial charge in [-0.3, -0.25) is 0 Å². The lowest BCUT2D eigenvalue weighted by Gasteiger charge is -2.10. The molecule has 0 N–H and O–H groups in total. The van der Waals surface area contributed by atoms with Gasteiger partial charge in [-0.25, -0.2) is 0 Å². The second kappa shape index (κ2) is 9.91. The first-order valence-electron chi connectivity index (χ1n) is 13.8. The van der Waals surface area contributed by atoms with E-state index in [1.165, 1.54) is 44.1 Å². The Morgan fingerprint density at radius 2 is 1.38 bits per heavy atom. The molecule has 7 aromatic rings. The number of allylic oxidation sites excluding steroid dienone is 6. The molecule has 0 aliphatic rings. The van der Waals surface area contributed by atoms with Crippen molar-refractivity contribution in [1.82, 2.24) is 4.57 Å². The highest BCUT2D eigenvalue weighted by Crippen LogP contribution is 2.39. The summed E-state index contributed by atoms with van der Waals surface area (Å²) in [7, 11) is 0. The molecule has 0 saturated carbocycles. The highest BCUT2D eigenvalue weighted by molar-refractivity contribution is 6.14. The maximum atomic E-state index is 6.24. The molecule has 2 nitrogen and oxygen atoms in total. The largest absolute Gasteiger partial charge is 0.456 e. The summed E-state index contributed by atoms with van der Waals surface area (Å²) in [5.41, 5.74) is 10.1. The Morgan fingerprint density at radius 1 is 0.625 bits per heavy atom. The number of aromatic nitrogens is 1. The summed E-state index contributed by atoms with van der Waals surface area (Å²) in [5.74, 6) is 0. The van der Waals surface area contributed by atoms with Gasteiger partial charge in [0.1, 0.15) is 11.2 Å². The van der Waals surface area contributed by atoms with E-state index in [1.54, 1.807) is 0 Å². The second-order valence-corrected chi connectivity index (χ2v) is 10.0. The van der Waals surface area contributed by atoms with Crippen LogP contribution in [-0.2, 0) is 0 Å². The predicted molar refractivity (Wildman–Crippen MR) is 171 cm³/mol. The van der Waals surface area contributed by atoms with Gasteiger partial charge in [-0.15, -0.1) is 0 Å². The summed E-state index contributed by atoms with van der Waals surface area (Å²) in [6, 6.07) is 39.0. The summed E-state index contributed by atoms with van der Waals surface area (Å²) < 4.78 is 8.62. The molecule has 5 aromatic carbocycles. The zero-order valence-electron chi connectivity index (χ0n) is 22.6. The van der Waals surface area contributed by atoms with Crippen molar-refractivity contribution in [3.63, 3.8) is 0 Å². The number of para-hydroxylation sites is 2. The highest BCUT2D eigenvalue weighted by Gasteiger charge is 2.18. The first-order chi connectivity index (χ1) is 19.8. The third-order valence-electron chi connectivity index (χ3n) is 7.71. The predicted octanol–water partition coefficient (Wildman–Crippen LogP) is 10.9. The standard InChI is InChI=1S/C38H29NO/c1-3-5-6-13-26(4-2)27-14-11-15-28(24-27)29-22-23-34-32(25-29)30-16-7-9-18-33(30)39(34)35-19-12-21-37-38(35)31-17-8-10-20-36(31)40-37/h3-25H,1-2H3/b5-3-,13-6-,26-4-. The Bertz CT molecular complexity index is 2130. The van der Waals surface area contributed by atoms with Gasteiger partial charge in [0.05, 0.1) is 22.1 Å². The molecule has 2 heterocycles. The van der Waals surface area contributed by atoms with Crippen molar-refractivity contribution >= 4 is 49.3 Å². The highest BCUT2D eigenvalue weighted by atomic mass is 16.3. The molecule has 0 atom stereocenters. The Labute approximate surface area is 233 Å². The van der Waals surface area contributed by atoms with Crippen molar-refractivity contribution < 1.29 is 4.42 Å². The minimum atomic E-state index is 0.904. The number of furan rings is 1. The average Bonchev–Trinajstić information content (AvgIpc) is 3.55. The van der Waals surface area contributed by atoms with Gasteiger partial charge in [0.25, 0.3) is 0 Å². The lowest BCUT2D eigenvalue weighted by molar-refractivity contribution is 0.669. The van der Waals surface area contributed by atoms with Gasteiger partial charge in [0.2, 0.25) is 0 Å². The van der Waals surface area contributed by atoms with Crippen LogP contribution in [0, 0.1) is 0 Å². The Kier molecular flexibility index (Phi) is 5.94. The van der Waals surface area contributed by atoms with Gasteiger partial charge in [0, 0.05) is 16.2 Å². The summed E-state index contributed by atoms with van der Waals surface area (Å²) in [4.78, 5) is 0. The molecule has 40 heavy (non-hydrogen) atoms. The van der Waals surface area contributed by atoms with Crippen molar-refractivity contribution in [2.75, 3.05) is 0 Å². The number of hydrogen-bond donors (Lipinski definition) is 0. The van der Waals surface area contributed by atoms with Crippen molar-refractivity contribution in [2.45, 2.75) is 13.8 Å². The Balaban J connectivity index is 1.43. The van der Waals surface area contributed by atoms with Crippen molar-refractivity contribution in [2.24, 2.45) is 0 Å². The van der Waals surface area contributed by atoms with Gasteiger partial charge in [-0.05, 0) is 78.6 Å². The van der Waals surface area contributed by atoms with Crippen molar-refractivity contribution in [3.8, 4) is 16.8 Å². The fourth-order valence-corrected chi connectivity index (χ4v) is 5.86. The van der Waals surface area contributed by atoms with Crippen LogP contribution in [-0.4, -0.2) is 4.57 Å². The average molecular weight is 516 g/mol. The van der Waals surface area contributed by atoms with E-state index in [2.05, 4.69) is 133 Å². The molecule has 192 valence electrons. The molecule has 2 heteroatoms. The molecule has 0 aliphatic heterocycles. The summed E-state index contributed by atoms with van der Waals surface area (Å²) in [6.45, 7) is 4.12. The molecule has 0 amide bonds. The van der Waals surface area contributed by atoms with E-state index >= 15 is 0 Å². The minimum Gasteiger partial charge on any atom is -0.456 e. The quantitative estimate of drug-likeness (QED) is 0.208. The summed E-state index contributed by atoms with van der Waals surface area (Å²) in [6.07, 6.45) is 10.5. The van der Waals surface area contributed by atoms with Crippen molar-refractivity contribution in [3.05, 3.63) is 145 Å². The molecule has 0 spiro atoms. The second-order valence-electron chi connectivity index (χ2n) is 10.0.